The minimum atomic E-state index is -0.271. The molecule has 0 saturated carbocycles. The highest BCUT2D eigenvalue weighted by Gasteiger charge is 2.17. The Morgan fingerprint density at radius 2 is 1.64 bits per heavy atom. The summed E-state index contributed by atoms with van der Waals surface area (Å²) in [6, 6.07) is 14.5. The maximum Gasteiger partial charge on any atom is 0.317 e. The molecule has 2 aromatic rings. The Labute approximate surface area is 167 Å². The Balaban J connectivity index is 1.48. The molecule has 28 heavy (non-hydrogen) atoms. The number of carbonyl (C=O) groups is 1. The lowest BCUT2D eigenvalue weighted by Gasteiger charge is -2.26. The first-order valence-electron chi connectivity index (χ1n) is 10.1. The molecular formula is C23H30FN3O. The quantitative estimate of drug-likeness (QED) is 0.784. The van der Waals surface area contributed by atoms with Crippen molar-refractivity contribution in [1.82, 2.24) is 15.1 Å². The minimum absolute atomic E-state index is 0.132. The van der Waals surface area contributed by atoms with Crippen LogP contribution >= 0.6 is 0 Å². The summed E-state index contributed by atoms with van der Waals surface area (Å²) in [6.07, 6.45) is 3.95. The minimum Gasteiger partial charge on any atom is -0.334 e. The first kappa shape index (κ1) is 20.3. The van der Waals surface area contributed by atoms with Gasteiger partial charge in [0.1, 0.15) is 5.82 Å². The number of nitrogens with zero attached hydrogens (tertiary/aromatic N) is 2. The third-order valence-corrected chi connectivity index (χ3v) is 5.58. The molecule has 2 amide bonds. The van der Waals surface area contributed by atoms with Crippen LogP contribution < -0.4 is 5.32 Å². The third-order valence-electron chi connectivity index (χ3n) is 5.58. The van der Waals surface area contributed by atoms with Gasteiger partial charge in [0.15, 0.2) is 0 Å². The summed E-state index contributed by atoms with van der Waals surface area (Å²) in [7, 11) is 1.76. The van der Waals surface area contributed by atoms with Crippen molar-refractivity contribution in [3.63, 3.8) is 0 Å². The second kappa shape index (κ2) is 9.69. The lowest BCUT2D eigenvalue weighted by Crippen LogP contribution is -2.38. The van der Waals surface area contributed by atoms with Gasteiger partial charge in [-0.15, -0.1) is 0 Å². The Bertz CT molecular complexity index is 754. The fourth-order valence-corrected chi connectivity index (χ4v) is 3.58. The molecule has 0 bridgehead atoms. The van der Waals surface area contributed by atoms with Crippen LogP contribution in [-0.2, 0) is 13.1 Å². The highest BCUT2D eigenvalue weighted by Crippen LogP contribution is 2.19. The number of urea groups is 1. The summed E-state index contributed by atoms with van der Waals surface area (Å²) in [5.41, 5.74) is 3.30. The van der Waals surface area contributed by atoms with Crippen LogP contribution in [0.25, 0.3) is 0 Å². The van der Waals surface area contributed by atoms with Gasteiger partial charge in [0, 0.05) is 20.1 Å². The molecule has 4 nitrogen and oxygen atoms in total. The number of likely N-dealkylation sites (tertiary alicyclic amines) is 1. The summed E-state index contributed by atoms with van der Waals surface area (Å²) in [4.78, 5) is 16.6. The molecule has 3 rings (SSSR count). The summed E-state index contributed by atoms with van der Waals surface area (Å²) < 4.78 is 13.1. The van der Waals surface area contributed by atoms with E-state index in [0.717, 1.165) is 17.7 Å². The zero-order valence-corrected chi connectivity index (χ0v) is 16.8. The standard InChI is InChI=1S/C23H30FN3O/c1-18(21-10-12-22(24)13-11-21)26(2)23(28)25-16-19-6-8-20(9-7-19)17-27-14-4-3-5-15-27/h6-13,18H,3-5,14-17H2,1-2H3,(H,25,28)/t18-/m0/s1. The second-order valence-corrected chi connectivity index (χ2v) is 7.65. The van der Waals surface area contributed by atoms with Crippen LogP contribution in [0.1, 0.15) is 48.9 Å². The first-order valence-corrected chi connectivity index (χ1v) is 10.1. The molecule has 1 saturated heterocycles. The van der Waals surface area contributed by atoms with E-state index in [4.69, 9.17) is 0 Å². The lowest BCUT2D eigenvalue weighted by molar-refractivity contribution is 0.194. The number of hydrogen-bond acceptors (Lipinski definition) is 2. The van der Waals surface area contributed by atoms with Gasteiger partial charge in [-0.3, -0.25) is 4.90 Å². The smallest absolute Gasteiger partial charge is 0.317 e. The van der Waals surface area contributed by atoms with Crippen LogP contribution in [0.4, 0.5) is 9.18 Å². The zero-order valence-electron chi connectivity index (χ0n) is 16.8. The predicted octanol–water partition coefficient (Wildman–Crippen LogP) is 4.71. The van der Waals surface area contributed by atoms with Gasteiger partial charge in [0.05, 0.1) is 6.04 Å². The molecule has 1 heterocycles. The van der Waals surface area contributed by atoms with E-state index in [1.807, 2.05) is 6.92 Å². The van der Waals surface area contributed by atoms with Gasteiger partial charge in [0.25, 0.3) is 0 Å². The molecule has 150 valence electrons. The zero-order chi connectivity index (χ0) is 19.9. The molecule has 1 aliphatic heterocycles. The second-order valence-electron chi connectivity index (χ2n) is 7.65. The molecular weight excluding hydrogens is 353 g/mol. The molecule has 0 unspecified atom stereocenters. The van der Waals surface area contributed by atoms with Crippen molar-refractivity contribution in [2.45, 2.75) is 45.3 Å². The number of benzene rings is 2. The molecule has 0 radical (unpaired) electrons. The van der Waals surface area contributed by atoms with E-state index in [1.165, 1.54) is 50.0 Å². The fraction of sp³-hybridized carbons (Fsp3) is 0.435. The van der Waals surface area contributed by atoms with Crippen LogP contribution in [0.15, 0.2) is 48.5 Å². The van der Waals surface area contributed by atoms with Crippen molar-refractivity contribution in [2.24, 2.45) is 0 Å². The Hall–Kier alpha value is -2.40. The van der Waals surface area contributed by atoms with Crippen molar-refractivity contribution in [1.29, 1.82) is 0 Å². The Kier molecular flexibility index (Phi) is 7.04. The summed E-state index contributed by atoms with van der Waals surface area (Å²) in [5.74, 6) is -0.271. The topological polar surface area (TPSA) is 35.6 Å². The normalized spacial score (nSPS) is 15.8. The number of nitrogens with one attached hydrogen (secondary N) is 1. The number of halogens is 1. The average Bonchev–Trinajstić information content (AvgIpc) is 2.73. The number of piperidine rings is 1. The van der Waals surface area contributed by atoms with Gasteiger partial charge in [-0.05, 0) is 61.7 Å². The van der Waals surface area contributed by atoms with Gasteiger partial charge in [-0.2, -0.15) is 0 Å². The number of carbonyl (C=O) groups excluding carboxylic acids is 1. The summed E-state index contributed by atoms with van der Waals surface area (Å²) >= 11 is 0. The van der Waals surface area contributed by atoms with Crippen molar-refractivity contribution in [3.8, 4) is 0 Å². The lowest BCUT2D eigenvalue weighted by atomic mass is 10.1. The monoisotopic (exact) mass is 383 g/mol. The maximum absolute atomic E-state index is 13.1. The average molecular weight is 384 g/mol. The van der Waals surface area contributed by atoms with Crippen LogP contribution in [0.2, 0.25) is 0 Å². The fourth-order valence-electron chi connectivity index (χ4n) is 3.58. The van der Waals surface area contributed by atoms with E-state index in [2.05, 4.69) is 34.5 Å². The number of hydrogen-bond donors (Lipinski definition) is 1. The molecule has 0 aromatic heterocycles. The highest BCUT2D eigenvalue weighted by atomic mass is 19.1. The molecule has 1 aliphatic rings. The Morgan fingerprint density at radius 1 is 1.04 bits per heavy atom. The molecule has 0 spiro atoms. The SMILES string of the molecule is C[C@@H](c1ccc(F)cc1)N(C)C(=O)NCc1ccc(CN2CCCCC2)cc1. The van der Waals surface area contributed by atoms with Crippen LogP contribution in [0, 0.1) is 5.82 Å². The highest BCUT2D eigenvalue weighted by molar-refractivity contribution is 5.74. The molecule has 1 fully saturated rings. The predicted molar refractivity (Wildman–Crippen MR) is 110 cm³/mol. The van der Waals surface area contributed by atoms with E-state index < -0.39 is 0 Å². The van der Waals surface area contributed by atoms with Gasteiger partial charge < -0.3 is 10.2 Å². The molecule has 1 N–H and O–H groups in total. The van der Waals surface area contributed by atoms with Crippen LogP contribution in [-0.4, -0.2) is 36.0 Å². The van der Waals surface area contributed by atoms with Crippen molar-refractivity contribution in [3.05, 3.63) is 71.0 Å². The van der Waals surface area contributed by atoms with Gasteiger partial charge >= 0.3 is 6.03 Å². The molecule has 0 aliphatic carbocycles. The Morgan fingerprint density at radius 3 is 2.29 bits per heavy atom. The van der Waals surface area contributed by atoms with Crippen molar-refractivity contribution < 1.29 is 9.18 Å². The number of amides is 2. The molecule has 1 atom stereocenters. The van der Waals surface area contributed by atoms with Crippen molar-refractivity contribution >= 4 is 6.03 Å². The third kappa shape index (κ3) is 5.55. The van der Waals surface area contributed by atoms with Gasteiger partial charge in [-0.25, -0.2) is 9.18 Å². The summed E-state index contributed by atoms with van der Waals surface area (Å²) in [6.45, 7) is 5.81. The first-order chi connectivity index (χ1) is 13.5. The van der Waals surface area contributed by atoms with Gasteiger partial charge in [-0.1, -0.05) is 42.8 Å². The van der Waals surface area contributed by atoms with Crippen molar-refractivity contribution in [2.75, 3.05) is 20.1 Å². The van der Waals surface area contributed by atoms with E-state index >= 15 is 0 Å². The van der Waals surface area contributed by atoms with E-state index in [1.54, 1.807) is 24.1 Å². The van der Waals surface area contributed by atoms with Crippen LogP contribution in [0.5, 0.6) is 0 Å². The van der Waals surface area contributed by atoms with E-state index in [-0.39, 0.29) is 17.9 Å². The maximum atomic E-state index is 13.1. The molecule has 2 aromatic carbocycles. The van der Waals surface area contributed by atoms with E-state index in [0.29, 0.717) is 6.54 Å². The largest absolute Gasteiger partial charge is 0.334 e. The number of rotatable bonds is 6. The van der Waals surface area contributed by atoms with E-state index in [9.17, 15) is 9.18 Å². The molecule has 5 heteroatoms. The summed E-state index contributed by atoms with van der Waals surface area (Å²) in [5, 5.41) is 2.96. The van der Waals surface area contributed by atoms with Gasteiger partial charge in [0.2, 0.25) is 0 Å². The van der Waals surface area contributed by atoms with Crippen LogP contribution in [0.3, 0.4) is 0 Å².